The molecule has 0 aliphatic rings. The van der Waals surface area contributed by atoms with E-state index in [1.165, 1.54) is 25.6 Å². The zero-order valence-corrected chi connectivity index (χ0v) is 8.64. The summed E-state index contributed by atoms with van der Waals surface area (Å²) >= 11 is 0. The second-order valence-corrected chi connectivity index (χ2v) is 3.17. The summed E-state index contributed by atoms with van der Waals surface area (Å²) in [4.78, 5) is 7.81. The molecule has 5 heteroatoms. The number of methoxy groups -OCH3 is 1. The van der Waals surface area contributed by atoms with Gasteiger partial charge in [-0.2, -0.15) is 0 Å². The van der Waals surface area contributed by atoms with Crippen LogP contribution in [0, 0.1) is 5.82 Å². The SMILES string of the molecule is COc1ncc(-c2cccc(N)c2F)cn1. The van der Waals surface area contributed by atoms with Gasteiger partial charge in [0.1, 0.15) is 0 Å². The van der Waals surface area contributed by atoms with Crippen LogP contribution in [0.5, 0.6) is 6.01 Å². The predicted molar refractivity (Wildman–Crippen MR) is 58.4 cm³/mol. The van der Waals surface area contributed by atoms with Crippen molar-refractivity contribution in [3.05, 3.63) is 36.4 Å². The highest BCUT2D eigenvalue weighted by Crippen LogP contribution is 2.25. The second kappa shape index (κ2) is 4.14. The van der Waals surface area contributed by atoms with Gasteiger partial charge in [-0.1, -0.05) is 12.1 Å². The van der Waals surface area contributed by atoms with Crippen LogP contribution in [0.15, 0.2) is 30.6 Å². The maximum Gasteiger partial charge on any atom is 0.316 e. The van der Waals surface area contributed by atoms with Crippen LogP contribution in [0.2, 0.25) is 0 Å². The van der Waals surface area contributed by atoms with Crippen molar-refractivity contribution in [1.29, 1.82) is 0 Å². The Bertz CT molecular complexity index is 499. The van der Waals surface area contributed by atoms with Gasteiger partial charge in [-0.25, -0.2) is 14.4 Å². The molecule has 1 heterocycles. The molecule has 0 radical (unpaired) electrons. The Hall–Kier alpha value is -2.17. The summed E-state index contributed by atoms with van der Waals surface area (Å²) in [6.45, 7) is 0. The van der Waals surface area contributed by atoms with Crippen LogP contribution >= 0.6 is 0 Å². The minimum atomic E-state index is -0.462. The van der Waals surface area contributed by atoms with E-state index in [-0.39, 0.29) is 11.7 Å². The number of nitrogens with two attached hydrogens (primary N) is 1. The number of halogens is 1. The smallest absolute Gasteiger partial charge is 0.316 e. The van der Waals surface area contributed by atoms with Crippen LogP contribution in [-0.4, -0.2) is 17.1 Å². The van der Waals surface area contributed by atoms with Crippen LogP contribution in [0.3, 0.4) is 0 Å². The van der Waals surface area contributed by atoms with Gasteiger partial charge in [0.15, 0.2) is 5.82 Å². The Balaban J connectivity index is 2.46. The molecule has 16 heavy (non-hydrogen) atoms. The average molecular weight is 219 g/mol. The number of nitrogen functional groups attached to an aromatic ring is 1. The summed E-state index contributed by atoms with van der Waals surface area (Å²) in [5.74, 6) is -0.462. The van der Waals surface area contributed by atoms with E-state index in [0.29, 0.717) is 11.1 Å². The molecule has 0 amide bonds. The van der Waals surface area contributed by atoms with E-state index >= 15 is 0 Å². The third-order valence-electron chi connectivity index (χ3n) is 2.15. The number of rotatable bonds is 2. The summed E-state index contributed by atoms with van der Waals surface area (Å²) in [6, 6.07) is 5.05. The third kappa shape index (κ3) is 1.79. The van der Waals surface area contributed by atoms with Gasteiger partial charge < -0.3 is 10.5 Å². The second-order valence-electron chi connectivity index (χ2n) is 3.17. The van der Waals surface area contributed by atoms with Crippen molar-refractivity contribution < 1.29 is 9.13 Å². The molecule has 2 aromatic rings. The fourth-order valence-corrected chi connectivity index (χ4v) is 1.33. The van der Waals surface area contributed by atoms with Crippen LogP contribution in [0.4, 0.5) is 10.1 Å². The molecule has 0 saturated heterocycles. The molecule has 82 valence electrons. The van der Waals surface area contributed by atoms with E-state index in [4.69, 9.17) is 10.5 Å². The van der Waals surface area contributed by atoms with Crippen LogP contribution in [0.25, 0.3) is 11.1 Å². The van der Waals surface area contributed by atoms with Crippen LogP contribution in [0.1, 0.15) is 0 Å². The fraction of sp³-hybridized carbons (Fsp3) is 0.0909. The summed E-state index contributed by atoms with van der Waals surface area (Å²) in [7, 11) is 1.47. The molecule has 1 aromatic heterocycles. The van der Waals surface area contributed by atoms with Gasteiger partial charge in [-0.05, 0) is 6.07 Å². The topological polar surface area (TPSA) is 61.0 Å². The Morgan fingerprint density at radius 2 is 1.94 bits per heavy atom. The summed E-state index contributed by atoms with van der Waals surface area (Å²) in [5, 5.41) is 0. The van der Waals surface area contributed by atoms with Gasteiger partial charge >= 0.3 is 6.01 Å². The highest BCUT2D eigenvalue weighted by atomic mass is 19.1. The Labute approximate surface area is 91.9 Å². The van der Waals surface area contributed by atoms with Crippen molar-refractivity contribution in [2.24, 2.45) is 0 Å². The number of benzene rings is 1. The standard InChI is InChI=1S/C11H10FN3O/c1-16-11-14-5-7(6-15-11)8-3-2-4-9(13)10(8)12/h2-6H,13H2,1H3. The number of hydrogen-bond donors (Lipinski definition) is 1. The molecule has 2 N–H and O–H groups in total. The molecule has 0 atom stereocenters. The van der Waals surface area contributed by atoms with Crippen molar-refractivity contribution >= 4 is 5.69 Å². The third-order valence-corrected chi connectivity index (χ3v) is 2.15. The minimum Gasteiger partial charge on any atom is -0.467 e. The maximum atomic E-state index is 13.7. The molecule has 1 aromatic carbocycles. The van der Waals surface area contributed by atoms with E-state index in [1.807, 2.05) is 0 Å². The van der Waals surface area contributed by atoms with Gasteiger partial charge in [-0.15, -0.1) is 0 Å². The fourth-order valence-electron chi connectivity index (χ4n) is 1.33. The monoisotopic (exact) mass is 219 g/mol. The van der Waals surface area contributed by atoms with Crippen molar-refractivity contribution in [2.45, 2.75) is 0 Å². The first-order valence-corrected chi connectivity index (χ1v) is 4.63. The number of nitrogens with zero attached hydrogens (tertiary/aromatic N) is 2. The summed E-state index contributed by atoms with van der Waals surface area (Å²) in [5.41, 5.74) is 6.52. The van der Waals surface area contributed by atoms with Gasteiger partial charge in [0.2, 0.25) is 0 Å². The number of anilines is 1. The van der Waals surface area contributed by atoms with Gasteiger partial charge in [0.05, 0.1) is 12.8 Å². The Morgan fingerprint density at radius 3 is 2.56 bits per heavy atom. The van der Waals surface area contributed by atoms with Crippen LogP contribution in [-0.2, 0) is 0 Å². The first-order valence-electron chi connectivity index (χ1n) is 4.63. The zero-order valence-electron chi connectivity index (χ0n) is 8.64. The lowest BCUT2D eigenvalue weighted by Crippen LogP contribution is -1.95. The zero-order chi connectivity index (χ0) is 11.5. The van der Waals surface area contributed by atoms with Gasteiger partial charge in [-0.3, -0.25) is 0 Å². The van der Waals surface area contributed by atoms with Crippen molar-refractivity contribution in [1.82, 2.24) is 9.97 Å². The average Bonchev–Trinajstić information content (AvgIpc) is 2.33. The molecule has 0 unspecified atom stereocenters. The molecule has 0 spiro atoms. The molecule has 0 bridgehead atoms. The number of aromatic nitrogens is 2. The molecule has 0 saturated carbocycles. The van der Waals surface area contributed by atoms with E-state index in [2.05, 4.69) is 9.97 Å². The number of ether oxygens (including phenoxy) is 1. The van der Waals surface area contributed by atoms with Gasteiger partial charge in [0, 0.05) is 23.5 Å². The van der Waals surface area contributed by atoms with Crippen molar-refractivity contribution in [2.75, 3.05) is 12.8 Å². The normalized spacial score (nSPS) is 10.1. The van der Waals surface area contributed by atoms with Crippen LogP contribution < -0.4 is 10.5 Å². The van der Waals surface area contributed by atoms with E-state index < -0.39 is 5.82 Å². The lowest BCUT2D eigenvalue weighted by Gasteiger charge is -2.05. The molecule has 0 fully saturated rings. The quantitative estimate of drug-likeness (QED) is 0.783. The minimum absolute atomic E-state index is 0.105. The summed E-state index contributed by atoms with van der Waals surface area (Å²) < 4.78 is 18.5. The maximum absolute atomic E-state index is 13.7. The first-order chi connectivity index (χ1) is 7.72. The number of hydrogen-bond acceptors (Lipinski definition) is 4. The predicted octanol–water partition coefficient (Wildman–Crippen LogP) is 1.87. The van der Waals surface area contributed by atoms with Crippen molar-refractivity contribution in [3.8, 4) is 17.1 Å². The van der Waals surface area contributed by atoms with Gasteiger partial charge in [0.25, 0.3) is 0 Å². The molecule has 2 rings (SSSR count). The molecule has 0 aliphatic heterocycles. The Kier molecular flexibility index (Phi) is 2.68. The lowest BCUT2D eigenvalue weighted by molar-refractivity contribution is 0.380. The highest BCUT2D eigenvalue weighted by Gasteiger charge is 2.08. The van der Waals surface area contributed by atoms with E-state index in [9.17, 15) is 4.39 Å². The molecule has 4 nitrogen and oxygen atoms in total. The van der Waals surface area contributed by atoms with E-state index in [1.54, 1.807) is 12.1 Å². The molecule has 0 aliphatic carbocycles. The molecular weight excluding hydrogens is 209 g/mol. The lowest BCUT2D eigenvalue weighted by atomic mass is 10.1. The largest absolute Gasteiger partial charge is 0.467 e. The first kappa shape index (κ1) is 10.4. The van der Waals surface area contributed by atoms with E-state index in [0.717, 1.165) is 0 Å². The highest BCUT2D eigenvalue weighted by molar-refractivity contribution is 5.67. The van der Waals surface area contributed by atoms with Crippen molar-refractivity contribution in [3.63, 3.8) is 0 Å². The summed E-state index contributed by atoms with van der Waals surface area (Å²) in [6.07, 6.45) is 2.98. The molecular formula is C11H10FN3O. The Morgan fingerprint density at radius 1 is 1.25 bits per heavy atom.